The van der Waals surface area contributed by atoms with Gasteiger partial charge in [0.1, 0.15) is 17.6 Å². The Balaban J connectivity index is 1.38. The number of anilines is 3. The topological polar surface area (TPSA) is 103 Å². The van der Waals surface area contributed by atoms with E-state index in [0.29, 0.717) is 34.9 Å². The minimum absolute atomic E-state index is 0.00592. The lowest BCUT2D eigenvalue weighted by atomic mass is 9.98. The van der Waals surface area contributed by atoms with Crippen molar-refractivity contribution in [3.05, 3.63) is 69.3 Å². The molecule has 0 aliphatic carbocycles. The number of nitriles is 1. The Morgan fingerprint density at radius 2 is 2.06 bits per heavy atom. The highest BCUT2D eigenvalue weighted by atomic mass is 79.9. The summed E-state index contributed by atoms with van der Waals surface area (Å²) in [5, 5.41) is 29.0. The second-order valence-electron chi connectivity index (χ2n) is 8.75. The van der Waals surface area contributed by atoms with Gasteiger partial charge < -0.3 is 16.0 Å². The van der Waals surface area contributed by atoms with Gasteiger partial charge in [-0.2, -0.15) is 5.26 Å². The normalized spacial score (nSPS) is 14.1. The van der Waals surface area contributed by atoms with Crippen molar-refractivity contribution < 1.29 is 4.39 Å². The summed E-state index contributed by atoms with van der Waals surface area (Å²) in [5.74, 6) is 0.109. The molecule has 5 rings (SSSR count). The third-order valence-corrected chi connectivity index (χ3v) is 7.09. The van der Waals surface area contributed by atoms with Gasteiger partial charge in [0.15, 0.2) is 0 Å². The highest BCUT2D eigenvalue weighted by molar-refractivity contribution is 9.10. The molecule has 3 N–H and O–H groups in total. The number of hydrogen-bond acceptors (Lipinski definition) is 7. The summed E-state index contributed by atoms with van der Waals surface area (Å²) in [6.45, 7) is 3.48. The van der Waals surface area contributed by atoms with Gasteiger partial charge in [-0.1, -0.05) is 16.8 Å². The van der Waals surface area contributed by atoms with Gasteiger partial charge >= 0.3 is 0 Å². The number of pyridine rings is 1. The Bertz CT molecular complexity index is 1440. The van der Waals surface area contributed by atoms with Gasteiger partial charge in [0.25, 0.3) is 0 Å². The molecule has 0 atom stereocenters. The molecule has 184 valence electrons. The van der Waals surface area contributed by atoms with Crippen LogP contribution in [0.1, 0.15) is 24.1 Å². The van der Waals surface area contributed by atoms with Gasteiger partial charge in [-0.3, -0.25) is 9.67 Å². The largest absolute Gasteiger partial charge is 0.379 e. The van der Waals surface area contributed by atoms with E-state index in [9.17, 15) is 9.65 Å². The minimum Gasteiger partial charge on any atom is -0.379 e. The van der Waals surface area contributed by atoms with E-state index in [-0.39, 0.29) is 5.02 Å². The molecule has 36 heavy (non-hydrogen) atoms. The van der Waals surface area contributed by atoms with Crippen molar-refractivity contribution >= 4 is 55.5 Å². The van der Waals surface area contributed by atoms with Gasteiger partial charge in [-0.15, -0.1) is 5.10 Å². The summed E-state index contributed by atoms with van der Waals surface area (Å²) in [7, 11) is 0. The van der Waals surface area contributed by atoms with Gasteiger partial charge in [-0.25, -0.2) is 4.39 Å². The van der Waals surface area contributed by atoms with Crippen LogP contribution in [0.25, 0.3) is 10.9 Å². The smallest absolute Gasteiger partial charge is 0.141 e. The van der Waals surface area contributed by atoms with E-state index in [0.717, 1.165) is 53.7 Å². The van der Waals surface area contributed by atoms with E-state index in [4.69, 9.17) is 11.6 Å². The van der Waals surface area contributed by atoms with Crippen molar-refractivity contribution in [1.82, 2.24) is 25.3 Å². The number of hydrogen-bond donors (Lipinski definition) is 3. The standard InChI is InChI=1S/C25H23BrClFN8/c26-21-8-18(31-12-19-14-36(35-34-19)13-15-3-5-30-6-4-15)7-20-24(16(10-29)11-32-25(20)21)33-17-1-2-23(28)22(27)9-17/h1-2,7-9,11,14-15,30-31H,3-6,12-13H2,(H,32,33). The van der Waals surface area contributed by atoms with Gasteiger partial charge in [0.05, 0.1) is 34.5 Å². The molecular weight excluding hydrogens is 547 g/mol. The second kappa shape index (κ2) is 10.8. The molecule has 0 unspecified atom stereocenters. The SMILES string of the molecule is N#Cc1cnc2c(Br)cc(NCc3cn(CC4CCNCC4)nn3)cc2c1Nc1ccc(F)c(Cl)c1. The van der Waals surface area contributed by atoms with Crippen LogP contribution in [-0.2, 0) is 13.1 Å². The predicted molar refractivity (Wildman–Crippen MR) is 142 cm³/mol. The maximum atomic E-state index is 13.6. The van der Waals surface area contributed by atoms with E-state index >= 15 is 0 Å². The Labute approximate surface area is 221 Å². The third-order valence-electron chi connectivity index (χ3n) is 6.20. The van der Waals surface area contributed by atoms with Crippen LogP contribution in [0.3, 0.4) is 0 Å². The zero-order valence-corrected chi connectivity index (χ0v) is 21.6. The fourth-order valence-electron chi connectivity index (χ4n) is 4.33. The highest BCUT2D eigenvalue weighted by Crippen LogP contribution is 2.35. The molecule has 1 saturated heterocycles. The molecule has 0 radical (unpaired) electrons. The molecule has 1 aliphatic heterocycles. The first kappa shape index (κ1) is 24.4. The molecular formula is C25H23BrClFN8. The monoisotopic (exact) mass is 568 g/mol. The molecule has 1 aliphatic rings. The molecule has 11 heteroatoms. The average molecular weight is 570 g/mol. The lowest BCUT2D eigenvalue weighted by Crippen LogP contribution is -2.30. The number of fused-ring (bicyclic) bond motifs is 1. The van der Waals surface area contributed by atoms with E-state index in [1.165, 1.54) is 18.3 Å². The van der Waals surface area contributed by atoms with Crippen LogP contribution in [0.5, 0.6) is 0 Å². The first-order chi connectivity index (χ1) is 17.5. The average Bonchev–Trinajstić information content (AvgIpc) is 3.33. The van der Waals surface area contributed by atoms with Crippen LogP contribution in [0.2, 0.25) is 5.02 Å². The van der Waals surface area contributed by atoms with Crippen molar-refractivity contribution in [2.45, 2.75) is 25.9 Å². The van der Waals surface area contributed by atoms with Crippen LogP contribution in [-0.4, -0.2) is 33.1 Å². The third kappa shape index (κ3) is 5.43. The number of aromatic nitrogens is 4. The fraction of sp³-hybridized carbons (Fsp3) is 0.280. The summed E-state index contributed by atoms with van der Waals surface area (Å²) in [6, 6.07) is 10.3. The second-order valence-corrected chi connectivity index (χ2v) is 10.0. The number of nitrogens with zero attached hydrogens (tertiary/aromatic N) is 5. The van der Waals surface area contributed by atoms with Crippen molar-refractivity contribution in [3.63, 3.8) is 0 Å². The van der Waals surface area contributed by atoms with Crippen LogP contribution in [0.15, 0.2) is 47.2 Å². The minimum atomic E-state index is -0.510. The number of piperidine rings is 1. The van der Waals surface area contributed by atoms with Crippen molar-refractivity contribution in [3.8, 4) is 6.07 Å². The summed E-state index contributed by atoms with van der Waals surface area (Å²) in [4.78, 5) is 4.45. The Hall–Kier alpha value is -3.26. The molecule has 2 aromatic heterocycles. The van der Waals surface area contributed by atoms with Crippen LogP contribution in [0, 0.1) is 23.1 Å². The maximum Gasteiger partial charge on any atom is 0.141 e. The molecule has 0 spiro atoms. The number of benzene rings is 2. The van der Waals surface area contributed by atoms with Gasteiger partial charge in [0.2, 0.25) is 0 Å². The highest BCUT2D eigenvalue weighted by Gasteiger charge is 2.16. The number of nitrogens with one attached hydrogen (secondary N) is 3. The lowest BCUT2D eigenvalue weighted by Gasteiger charge is -2.21. The van der Waals surface area contributed by atoms with Crippen molar-refractivity contribution in [2.75, 3.05) is 23.7 Å². The summed E-state index contributed by atoms with van der Waals surface area (Å²) in [5.41, 5.74) is 3.81. The Morgan fingerprint density at radius 1 is 1.22 bits per heavy atom. The zero-order valence-electron chi connectivity index (χ0n) is 19.2. The predicted octanol–water partition coefficient (Wildman–Crippen LogP) is 5.61. The molecule has 2 aromatic carbocycles. The molecule has 4 aromatic rings. The van der Waals surface area contributed by atoms with Gasteiger partial charge in [-0.05, 0) is 78.1 Å². The van der Waals surface area contributed by atoms with Crippen LogP contribution < -0.4 is 16.0 Å². The van der Waals surface area contributed by atoms with E-state index < -0.39 is 5.82 Å². The molecule has 8 nitrogen and oxygen atoms in total. The van der Waals surface area contributed by atoms with E-state index in [1.54, 1.807) is 6.07 Å². The Kier molecular flexibility index (Phi) is 7.32. The van der Waals surface area contributed by atoms with E-state index in [2.05, 4.69) is 53.2 Å². The molecule has 0 amide bonds. The first-order valence-corrected chi connectivity index (χ1v) is 12.8. The zero-order chi connectivity index (χ0) is 25.1. The van der Waals surface area contributed by atoms with Crippen molar-refractivity contribution in [2.24, 2.45) is 5.92 Å². The molecule has 1 fully saturated rings. The molecule has 0 bridgehead atoms. The van der Waals surface area contributed by atoms with Crippen molar-refractivity contribution in [1.29, 1.82) is 5.26 Å². The summed E-state index contributed by atoms with van der Waals surface area (Å²) < 4.78 is 16.3. The maximum absolute atomic E-state index is 13.6. The van der Waals surface area contributed by atoms with Crippen LogP contribution in [0.4, 0.5) is 21.5 Å². The van der Waals surface area contributed by atoms with Gasteiger partial charge in [0, 0.05) is 34.0 Å². The molecule has 3 heterocycles. The van der Waals surface area contributed by atoms with Crippen LogP contribution >= 0.6 is 27.5 Å². The summed E-state index contributed by atoms with van der Waals surface area (Å²) >= 11 is 9.55. The Morgan fingerprint density at radius 3 is 2.83 bits per heavy atom. The number of rotatable bonds is 7. The fourth-order valence-corrected chi connectivity index (χ4v) is 5.07. The lowest BCUT2D eigenvalue weighted by molar-refractivity contribution is 0.318. The molecule has 0 saturated carbocycles. The summed E-state index contributed by atoms with van der Waals surface area (Å²) in [6.07, 6.45) is 5.79. The quantitative estimate of drug-likeness (QED) is 0.266. The first-order valence-electron chi connectivity index (χ1n) is 11.6. The number of halogens is 3. The van der Waals surface area contributed by atoms with E-state index in [1.807, 2.05) is 23.0 Å².